The quantitative estimate of drug-likeness (QED) is 0.937. The van der Waals surface area contributed by atoms with E-state index in [4.69, 9.17) is 4.74 Å². The second kappa shape index (κ2) is 6.37. The van der Waals surface area contributed by atoms with Crippen molar-refractivity contribution in [2.75, 3.05) is 12.4 Å². The van der Waals surface area contributed by atoms with Crippen LogP contribution >= 0.6 is 11.3 Å². The molecule has 0 aliphatic rings. The van der Waals surface area contributed by atoms with Gasteiger partial charge in [-0.1, -0.05) is 17.7 Å². The first-order valence-corrected chi connectivity index (χ1v) is 7.62. The van der Waals surface area contributed by atoms with E-state index in [0.29, 0.717) is 5.13 Å². The standard InChI is InChI=1S/C16H20N2O2S/c1-9-6-7-10(2)13(8-9)14-12(4)21-16(17-14)18-15(19)11(3)20-5/h6-8,11H,1-5H3,(H,17,18,19). The average Bonchev–Trinajstić information content (AvgIpc) is 2.81. The van der Waals surface area contributed by atoms with Gasteiger partial charge in [-0.2, -0.15) is 0 Å². The van der Waals surface area contributed by atoms with Crippen LogP contribution < -0.4 is 5.32 Å². The van der Waals surface area contributed by atoms with Crippen molar-refractivity contribution in [1.29, 1.82) is 0 Å². The number of thiazole rings is 1. The van der Waals surface area contributed by atoms with Gasteiger partial charge in [-0.25, -0.2) is 4.98 Å². The van der Waals surface area contributed by atoms with Crippen molar-refractivity contribution in [3.05, 3.63) is 34.2 Å². The number of methoxy groups -OCH3 is 1. The highest BCUT2D eigenvalue weighted by molar-refractivity contribution is 7.16. The molecule has 1 amide bonds. The Kier molecular flexibility index (Phi) is 4.75. The lowest BCUT2D eigenvalue weighted by atomic mass is 10.0. The number of aryl methyl sites for hydroxylation is 3. The molecule has 1 heterocycles. The molecule has 0 aliphatic carbocycles. The number of carbonyl (C=O) groups is 1. The van der Waals surface area contributed by atoms with Crippen LogP contribution in [0.25, 0.3) is 11.3 Å². The van der Waals surface area contributed by atoms with E-state index in [2.05, 4.69) is 42.3 Å². The molecule has 2 rings (SSSR count). The molecular weight excluding hydrogens is 284 g/mol. The molecule has 112 valence electrons. The van der Waals surface area contributed by atoms with Gasteiger partial charge in [0, 0.05) is 17.6 Å². The minimum atomic E-state index is -0.488. The van der Waals surface area contributed by atoms with Crippen LogP contribution in [0.4, 0.5) is 5.13 Å². The zero-order valence-corrected chi connectivity index (χ0v) is 13.8. The van der Waals surface area contributed by atoms with Gasteiger partial charge in [-0.15, -0.1) is 11.3 Å². The van der Waals surface area contributed by atoms with Gasteiger partial charge in [-0.3, -0.25) is 10.1 Å². The van der Waals surface area contributed by atoms with Gasteiger partial charge in [0.05, 0.1) is 5.69 Å². The summed E-state index contributed by atoms with van der Waals surface area (Å²) in [6, 6.07) is 6.30. The van der Waals surface area contributed by atoms with Crippen molar-refractivity contribution in [1.82, 2.24) is 4.98 Å². The fourth-order valence-corrected chi connectivity index (χ4v) is 2.84. The van der Waals surface area contributed by atoms with E-state index in [1.54, 1.807) is 6.92 Å². The molecule has 0 bridgehead atoms. The summed E-state index contributed by atoms with van der Waals surface area (Å²) < 4.78 is 5.01. The van der Waals surface area contributed by atoms with Crippen LogP contribution in [-0.2, 0) is 9.53 Å². The van der Waals surface area contributed by atoms with Crippen LogP contribution in [0, 0.1) is 20.8 Å². The molecule has 0 saturated carbocycles. The number of carbonyl (C=O) groups excluding carboxylic acids is 1. The molecule has 5 heteroatoms. The summed E-state index contributed by atoms with van der Waals surface area (Å²) in [5.74, 6) is -0.182. The first kappa shape index (κ1) is 15.7. The van der Waals surface area contributed by atoms with Gasteiger partial charge >= 0.3 is 0 Å². The fraction of sp³-hybridized carbons (Fsp3) is 0.375. The Balaban J connectivity index is 2.31. The van der Waals surface area contributed by atoms with Gasteiger partial charge in [0.1, 0.15) is 6.10 Å². The number of aromatic nitrogens is 1. The highest BCUT2D eigenvalue weighted by atomic mass is 32.1. The van der Waals surface area contributed by atoms with E-state index < -0.39 is 6.10 Å². The summed E-state index contributed by atoms with van der Waals surface area (Å²) in [5, 5.41) is 3.41. The van der Waals surface area contributed by atoms with Crippen LogP contribution in [0.15, 0.2) is 18.2 Å². The number of hydrogen-bond donors (Lipinski definition) is 1. The highest BCUT2D eigenvalue weighted by Gasteiger charge is 2.16. The molecule has 0 saturated heterocycles. The minimum Gasteiger partial charge on any atom is -0.372 e. The summed E-state index contributed by atoms with van der Waals surface area (Å²) in [7, 11) is 1.51. The Labute approximate surface area is 129 Å². The highest BCUT2D eigenvalue weighted by Crippen LogP contribution is 2.32. The number of ether oxygens (including phenoxy) is 1. The lowest BCUT2D eigenvalue weighted by Crippen LogP contribution is -2.26. The van der Waals surface area contributed by atoms with Gasteiger partial charge in [0.2, 0.25) is 0 Å². The van der Waals surface area contributed by atoms with Crippen molar-refractivity contribution in [3.8, 4) is 11.3 Å². The summed E-state index contributed by atoms with van der Waals surface area (Å²) >= 11 is 1.48. The van der Waals surface area contributed by atoms with Gasteiger partial charge in [-0.05, 0) is 39.3 Å². The second-order valence-electron chi connectivity index (χ2n) is 5.11. The molecule has 0 radical (unpaired) electrons. The number of hydrogen-bond acceptors (Lipinski definition) is 4. The Hall–Kier alpha value is -1.72. The molecule has 21 heavy (non-hydrogen) atoms. The lowest BCUT2D eigenvalue weighted by molar-refractivity contribution is -0.124. The molecule has 0 aliphatic heterocycles. The van der Waals surface area contributed by atoms with E-state index in [0.717, 1.165) is 16.1 Å². The van der Waals surface area contributed by atoms with Gasteiger partial charge in [0.25, 0.3) is 5.91 Å². The zero-order valence-electron chi connectivity index (χ0n) is 13.0. The summed E-state index contributed by atoms with van der Waals surface area (Å²) in [4.78, 5) is 17.5. The van der Waals surface area contributed by atoms with Crippen LogP contribution in [0.2, 0.25) is 0 Å². The molecule has 0 fully saturated rings. The molecule has 1 aromatic heterocycles. The van der Waals surface area contributed by atoms with Crippen LogP contribution in [0.1, 0.15) is 22.9 Å². The van der Waals surface area contributed by atoms with Gasteiger partial charge < -0.3 is 4.74 Å². The third-order valence-corrected chi connectivity index (χ3v) is 4.28. The third-order valence-electron chi connectivity index (χ3n) is 3.40. The molecule has 1 unspecified atom stereocenters. The Morgan fingerprint density at radius 2 is 2.05 bits per heavy atom. The number of nitrogens with zero attached hydrogens (tertiary/aromatic N) is 1. The SMILES string of the molecule is COC(C)C(=O)Nc1nc(-c2cc(C)ccc2C)c(C)s1. The third kappa shape index (κ3) is 3.49. The number of nitrogens with one attached hydrogen (secondary N) is 1. The lowest BCUT2D eigenvalue weighted by Gasteiger charge is -2.07. The Bertz CT molecular complexity index is 664. The topological polar surface area (TPSA) is 51.2 Å². The van der Waals surface area contributed by atoms with Crippen molar-refractivity contribution < 1.29 is 9.53 Å². The minimum absolute atomic E-state index is 0.182. The van der Waals surface area contributed by atoms with Gasteiger partial charge in [0.15, 0.2) is 5.13 Å². The maximum atomic E-state index is 11.9. The van der Waals surface area contributed by atoms with Crippen LogP contribution in [-0.4, -0.2) is 24.1 Å². The summed E-state index contributed by atoms with van der Waals surface area (Å²) in [6.45, 7) is 7.86. The number of rotatable bonds is 4. The maximum Gasteiger partial charge on any atom is 0.254 e. The molecule has 2 aromatic rings. The van der Waals surface area contributed by atoms with Crippen molar-refractivity contribution in [2.45, 2.75) is 33.8 Å². The number of amides is 1. The molecule has 0 spiro atoms. The zero-order chi connectivity index (χ0) is 15.6. The largest absolute Gasteiger partial charge is 0.372 e. The molecule has 1 aromatic carbocycles. The molecular formula is C16H20N2O2S. The first-order valence-electron chi connectivity index (χ1n) is 6.81. The van der Waals surface area contributed by atoms with E-state index >= 15 is 0 Å². The first-order chi connectivity index (χ1) is 9.92. The van der Waals surface area contributed by atoms with Crippen LogP contribution in [0.5, 0.6) is 0 Å². The predicted molar refractivity (Wildman–Crippen MR) is 86.9 cm³/mol. The molecule has 1 N–H and O–H groups in total. The number of anilines is 1. The monoisotopic (exact) mass is 304 g/mol. The Morgan fingerprint density at radius 1 is 1.33 bits per heavy atom. The smallest absolute Gasteiger partial charge is 0.254 e. The van der Waals surface area contributed by atoms with E-state index in [1.165, 1.54) is 29.6 Å². The van der Waals surface area contributed by atoms with E-state index in [9.17, 15) is 4.79 Å². The van der Waals surface area contributed by atoms with E-state index in [-0.39, 0.29) is 5.91 Å². The van der Waals surface area contributed by atoms with Crippen molar-refractivity contribution >= 4 is 22.4 Å². The normalized spacial score (nSPS) is 12.2. The maximum absolute atomic E-state index is 11.9. The summed E-state index contributed by atoms with van der Waals surface area (Å²) in [5.41, 5.74) is 4.42. The molecule has 4 nitrogen and oxygen atoms in total. The Morgan fingerprint density at radius 3 is 2.71 bits per heavy atom. The second-order valence-corrected chi connectivity index (χ2v) is 6.31. The summed E-state index contributed by atoms with van der Waals surface area (Å²) in [6.07, 6.45) is -0.488. The fourth-order valence-electron chi connectivity index (χ4n) is 2.00. The van der Waals surface area contributed by atoms with Crippen molar-refractivity contribution in [2.24, 2.45) is 0 Å². The molecule has 1 atom stereocenters. The average molecular weight is 304 g/mol. The van der Waals surface area contributed by atoms with E-state index in [1.807, 2.05) is 6.92 Å². The van der Waals surface area contributed by atoms with Crippen LogP contribution in [0.3, 0.4) is 0 Å². The number of benzene rings is 1. The predicted octanol–water partition coefficient (Wildman–Crippen LogP) is 3.71. The van der Waals surface area contributed by atoms with Crippen molar-refractivity contribution in [3.63, 3.8) is 0 Å².